The first-order valence-corrected chi connectivity index (χ1v) is 5.79. The van der Waals surface area contributed by atoms with E-state index in [0.717, 1.165) is 19.4 Å². The van der Waals surface area contributed by atoms with Crippen LogP contribution >= 0.6 is 0 Å². The fourth-order valence-corrected chi connectivity index (χ4v) is 1.05. The molecule has 0 saturated carbocycles. The summed E-state index contributed by atoms with van der Waals surface area (Å²) in [6, 6.07) is 0. The second kappa shape index (κ2) is 7.81. The standard InChI is InChI=1S/C12H24N2O3/c1-10(16-5)13-8-6-7-9-14-11(15)17-12(2,3)4/h13H,1,6-9H2,2-5H3,(H,14,15). The van der Waals surface area contributed by atoms with Gasteiger partial charge >= 0.3 is 6.09 Å². The number of amides is 1. The lowest BCUT2D eigenvalue weighted by Crippen LogP contribution is -2.33. The molecule has 5 nitrogen and oxygen atoms in total. The average Bonchev–Trinajstić information content (AvgIpc) is 2.20. The maximum atomic E-state index is 11.3. The minimum absolute atomic E-state index is 0.369. The fourth-order valence-electron chi connectivity index (χ4n) is 1.05. The molecule has 100 valence electrons. The molecule has 0 atom stereocenters. The van der Waals surface area contributed by atoms with Crippen molar-refractivity contribution in [2.24, 2.45) is 0 Å². The summed E-state index contributed by atoms with van der Waals surface area (Å²) in [6.07, 6.45) is 1.44. The van der Waals surface area contributed by atoms with Gasteiger partial charge in [-0.3, -0.25) is 0 Å². The van der Waals surface area contributed by atoms with Crippen molar-refractivity contribution in [2.45, 2.75) is 39.2 Å². The van der Waals surface area contributed by atoms with Crippen LogP contribution in [0, 0.1) is 0 Å². The van der Waals surface area contributed by atoms with Gasteiger partial charge in [-0.2, -0.15) is 0 Å². The highest BCUT2D eigenvalue weighted by atomic mass is 16.6. The van der Waals surface area contributed by atoms with Gasteiger partial charge in [0.2, 0.25) is 0 Å². The van der Waals surface area contributed by atoms with Crippen LogP contribution in [0.25, 0.3) is 0 Å². The molecule has 0 aromatic rings. The Morgan fingerprint density at radius 3 is 2.18 bits per heavy atom. The van der Waals surface area contributed by atoms with Crippen molar-refractivity contribution < 1.29 is 14.3 Å². The normalized spacial score (nSPS) is 10.6. The lowest BCUT2D eigenvalue weighted by Gasteiger charge is -2.19. The average molecular weight is 244 g/mol. The molecule has 0 radical (unpaired) electrons. The first-order valence-electron chi connectivity index (χ1n) is 5.79. The molecule has 17 heavy (non-hydrogen) atoms. The molecule has 0 bridgehead atoms. The number of nitrogens with one attached hydrogen (secondary N) is 2. The van der Waals surface area contributed by atoms with Crippen LogP contribution in [0.4, 0.5) is 4.79 Å². The Morgan fingerprint density at radius 1 is 1.18 bits per heavy atom. The van der Waals surface area contributed by atoms with Crippen LogP contribution in [0.3, 0.4) is 0 Å². The van der Waals surface area contributed by atoms with E-state index in [0.29, 0.717) is 12.4 Å². The van der Waals surface area contributed by atoms with Crippen LogP contribution in [0.1, 0.15) is 33.6 Å². The highest BCUT2D eigenvalue weighted by Gasteiger charge is 2.15. The summed E-state index contributed by atoms with van der Waals surface area (Å²) in [5, 5.41) is 5.70. The van der Waals surface area contributed by atoms with E-state index in [1.165, 1.54) is 0 Å². The van der Waals surface area contributed by atoms with Crippen molar-refractivity contribution in [3.05, 3.63) is 12.5 Å². The van der Waals surface area contributed by atoms with Crippen LogP contribution in [-0.2, 0) is 9.47 Å². The van der Waals surface area contributed by atoms with Gasteiger partial charge in [-0.1, -0.05) is 0 Å². The van der Waals surface area contributed by atoms with Gasteiger partial charge in [0.25, 0.3) is 0 Å². The van der Waals surface area contributed by atoms with Gasteiger partial charge in [0, 0.05) is 13.1 Å². The van der Waals surface area contributed by atoms with Gasteiger partial charge in [-0.25, -0.2) is 4.79 Å². The predicted octanol–water partition coefficient (Wildman–Crippen LogP) is 2.00. The highest BCUT2D eigenvalue weighted by Crippen LogP contribution is 2.06. The van der Waals surface area contributed by atoms with E-state index >= 15 is 0 Å². The number of ether oxygens (including phenoxy) is 2. The summed E-state index contributed by atoms with van der Waals surface area (Å²) in [5.74, 6) is 0.560. The first-order chi connectivity index (χ1) is 7.85. The molecule has 0 aromatic heterocycles. The number of alkyl carbamates (subject to hydrolysis) is 1. The van der Waals surface area contributed by atoms with Crippen LogP contribution < -0.4 is 10.6 Å². The fraction of sp³-hybridized carbons (Fsp3) is 0.750. The second-order valence-electron chi connectivity index (χ2n) is 4.69. The summed E-state index contributed by atoms with van der Waals surface area (Å²) in [6.45, 7) is 10.5. The molecule has 0 aromatic carbocycles. The molecule has 0 rings (SSSR count). The van der Waals surface area contributed by atoms with Gasteiger partial charge in [-0.05, 0) is 40.2 Å². The third-order valence-corrected chi connectivity index (χ3v) is 1.84. The van der Waals surface area contributed by atoms with Crippen LogP contribution in [0.5, 0.6) is 0 Å². The summed E-state index contributed by atoms with van der Waals surface area (Å²) in [4.78, 5) is 11.3. The maximum absolute atomic E-state index is 11.3. The number of rotatable bonds is 7. The van der Waals surface area contributed by atoms with E-state index in [-0.39, 0.29) is 6.09 Å². The van der Waals surface area contributed by atoms with Crippen molar-refractivity contribution in [3.8, 4) is 0 Å². The topological polar surface area (TPSA) is 59.6 Å². The second-order valence-corrected chi connectivity index (χ2v) is 4.69. The molecular weight excluding hydrogens is 220 g/mol. The summed E-state index contributed by atoms with van der Waals surface area (Å²) >= 11 is 0. The Bertz CT molecular complexity index is 247. The molecule has 1 amide bonds. The molecule has 2 N–H and O–H groups in total. The molecule has 0 heterocycles. The molecule has 0 fully saturated rings. The van der Waals surface area contributed by atoms with Crippen LogP contribution in [0.2, 0.25) is 0 Å². The van der Waals surface area contributed by atoms with Gasteiger partial charge in [-0.15, -0.1) is 0 Å². The van der Waals surface area contributed by atoms with Crippen LogP contribution in [0.15, 0.2) is 12.5 Å². The van der Waals surface area contributed by atoms with E-state index in [2.05, 4.69) is 17.2 Å². The van der Waals surface area contributed by atoms with Crippen molar-refractivity contribution >= 4 is 6.09 Å². The lowest BCUT2D eigenvalue weighted by molar-refractivity contribution is 0.0527. The quantitative estimate of drug-likeness (QED) is 0.531. The Kier molecular flexibility index (Phi) is 7.18. The van der Waals surface area contributed by atoms with Crippen molar-refractivity contribution in [1.82, 2.24) is 10.6 Å². The molecule has 0 aliphatic carbocycles. The summed E-state index contributed by atoms with van der Waals surface area (Å²) in [7, 11) is 1.57. The molecule has 0 spiro atoms. The van der Waals surface area contributed by atoms with Crippen molar-refractivity contribution in [1.29, 1.82) is 0 Å². The number of hydrogen-bond acceptors (Lipinski definition) is 4. The SMILES string of the molecule is C=C(NCCCCNC(=O)OC(C)(C)C)OC. The molecular formula is C12H24N2O3. The zero-order chi connectivity index (χ0) is 13.3. The number of carbonyl (C=O) groups excluding carboxylic acids is 1. The number of methoxy groups -OCH3 is 1. The van der Waals surface area contributed by atoms with Gasteiger partial charge in [0.05, 0.1) is 7.11 Å². The van der Waals surface area contributed by atoms with E-state index < -0.39 is 5.60 Å². The summed E-state index contributed by atoms with van der Waals surface area (Å²) < 4.78 is 9.95. The van der Waals surface area contributed by atoms with Gasteiger partial charge in [0.1, 0.15) is 5.60 Å². The van der Waals surface area contributed by atoms with Crippen molar-refractivity contribution in [2.75, 3.05) is 20.2 Å². The molecule has 5 heteroatoms. The smallest absolute Gasteiger partial charge is 0.407 e. The third kappa shape index (κ3) is 10.9. The number of hydrogen-bond donors (Lipinski definition) is 2. The highest BCUT2D eigenvalue weighted by molar-refractivity contribution is 5.67. The van der Waals surface area contributed by atoms with E-state index in [1.807, 2.05) is 20.8 Å². The van der Waals surface area contributed by atoms with Gasteiger partial charge < -0.3 is 20.1 Å². The Labute approximate surface area is 104 Å². The molecule has 0 unspecified atom stereocenters. The largest absolute Gasteiger partial charge is 0.483 e. The summed E-state index contributed by atoms with van der Waals surface area (Å²) in [5.41, 5.74) is -0.443. The number of unbranched alkanes of at least 4 members (excludes halogenated alkanes) is 1. The Balaban J connectivity index is 3.40. The van der Waals surface area contributed by atoms with Crippen LogP contribution in [-0.4, -0.2) is 31.9 Å². The Hall–Kier alpha value is -1.39. The van der Waals surface area contributed by atoms with E-state index in [4.69, 9.17) is 9.47 Å². The van der Waals surface area contributed by atoms with Gasteiger partial charge in [0.15, 0.2) is 5.88 Å². The zero-order valence-corrected chi connectivity index (χ0v) is 11.3. The third-order valence-electron chi connectivity index (χ3n) is 1.84. The molecule has 0 saturated heterocycles. The maximum Gasteiger partial charge on any atom is 0.407 e. The lowest BCUT2D eigenvalue weighted by atomic mass is 10.2. The minimum atomic E-state index is -0.443. The predicted molar refractivity (Wildman–Crippen MR) is 67.6 cm³/mol. The zero-order valence-electron chi connectivity index (χ0n) is 11.3. The van der Waals surface area contributed by atoms with E-state index in [9.17, 15) is 4.79 Å². The molecule has 0 aliphatic heterocycles. The van der Waals surface area contributed by atoms with E-state index in [1.54, 1.807) is 7.11 Å². The Morgan fingerprint density at radius 2 is 1.71 bits per heavy atom. The monoisotopic (exact) mass is 244 g/mol. The first kappa shape index (κ1) is 15.6. The van der Waals surface area contributed by atoms with Crippen molar-refractivity contribution in [3.63, 3.8) is 0 Å². The molecule has 0 aliphatic rings. The number of carbonyl (C=O) groups is 1. The minimum Gasteiger partial charge on any atom is -0.483 e.